The molecule has 1 heterocycles. The molecular weight excluding hydrogens is 328 g/mol. The maximum Gasteiger partial charge on any atom is 0.262 e. The van der Waals surface area contributed by atoms with Crippen LogP contribution in [0.1, 0.15) is 11.1 Å². The molecule has 0 radical (unpaired) electrons. The number of aromatic nitrogens is 1. The summed E-state index contributed by atoms with van der Waals surface area (Å²) < 4.78 is 27.8. The Morgan fingerprint density at radius 2 is 1.84 bits per heavy atom. The molecule has 19 heavy (non-hydrogen) atoms. The number of benzene rings is 1. The highest BCUT2D eigenvalue weighted by Crippen LogP contribution is 2.21. The van der Waals surface area contributed by atoms with Crippen LogP contribution in [-0.4, -0.2) is 13.4 Å². The van der Waals surface area contributed by atoms with Gasteiger partial charge in [0.25, 0.3) is 10.0 Å². The van der Waals surface area contributed by atoms with E-state index in [1.807, 2.05) is 6.92 Å². The SMILES string of the molecule is Cc1ccccc1S(=O)(=O)Nc1cnc(Br)c(C)c1. The first-order valence-corrected chi connectivity index (χ1v) is 7.88. The van der Waals surface area contributed by atoms with Gasteiger partial charge in [-0.3, -0.25) is 4.72 Å². The number of nitrogens with zero attached hydrogens (tertiary/aromatic N) is 1. The number of hydrogen-bond donors (Lipinski definition) is 1. The Balaban J connectivity index is 2.37. The van der Waals surface area contributed by atoms with Gasteiger partial charge in [-0.05, 0) is 53.0 Å². The van der Waals surface area contributed by atoms with E-state index in [1.54, 1.807) is 37.3 Å². The Kier molecular flexibility index (Phi) is 3.91. The van der Waals surface area contributed by atoms with Crippen molar-refractivity contribution in [2.45, 2.75) is 18.7 Å². The molecule has 1 aromatic carbocycles. The fourth-order valence-electron chi connectivity index (χ4n) is 1.68. The summed E-state index contributed by atoms with van der Waals surface area (Å²) in [6, 6.07) is 8.58. The third kappa shape index (κ3) is 3.13. The van der Waals surface area contributed by atoms with Crippen molar-refractivity contribution in [2.75, 3.05) is 4.72 Å². The lowest BCUT2D eigenvalue weighted by molar-refractivity contribution is 0.600. The van der Waals surface area contributed by atoms with Gasteiger partial charge in [0.1, 0.15) is 4.60 Å². The van der Waals surface area contributed by atoms with Crippen molar-refractivity contribution in [1.29, 1.82) is 0 Å². The molecule has 100 valence electrons. The first-order valence-electron chi connectivity index (χ1n) is 5.61. The zero-order valence-corrected chi connectivity index (χ0v) is 12.9. The van der Waals surface area contributed by atoms with E-state index >= 15 is 0 Å². The molecule has 0 bridgehead atoms. The van der Waals surface area contributed by atoms with Crippen LogP contribution in [0.2, 0.25) is 0 Å². The zero-order chi connectivity index (χ0) is 14.0. The smallest absolute Gasteiger partial charge is 0.262 e. The molecule has 0 atom stereocenters. The van der Waals surface area contributed by atoms with Gasteiger partial charge >= 0.3 is 0 Å². The molecule has 0 aliphatic heterocycles. The third-order valence-electron chi connectivity index (χ3n) is 2.65. The topological polar surface area (TPSA) is 59.1 Å². The Hall–Kier alpha value is -1.40. The van der Waals surface area contributed by atoms with Crippen LogP contribution in [0.15, 0.2) is 46.0 Å². The highest BCUT2D eigenvalue weighted by molar-refractivity contribution is 9.10. The van der Waals surface area contributed by atoms with Crippen LogP contribution in [0.25, 0.3) is 0 Å². The first kappa shape index (κ1) is 14.0. The average Bonchev–Trinajstić information content (AvgIpc) is 2.34. The zero-order valence-electron chi connectivity index (χ0n) is 10.5. The quantitative estimate of drug-likeness (QED) is 0.872. The van der Waals surface area contributed by atoms with Gasteiger partial charge in [-0.2, -0.15) is 0 Å². The molecule has 0 fully saturated rings. The van der Waals surface area contributed by atoms with Crippen LogP contribution in [0, 0.1) is 13.8 Å². The summed E-state index contributed by atoms with van der Waals surface area (Å²) in [7, 11) is -3.58. The normalized spacial score (nSPS) is 11.3. The van der Waals surface area contributed by atoms with Crippen molar-refractivity contribution in [3.05, 3.63) is 52.3 Å². The lowest BCUT2D eigenvalue weighted by atomic mass is 10.2. The molecule has 0 spiro atoms. The van der Waals surface area contributed by atoms with Crippen molar-refractivity contribution in [3.63, 3.8) is 0 Å². The van der Waals surface area contributed by atoms with Crippen LogP contribution in [0.4, 0.5) is 5.69 Å². The molecule has 0 unspecified atom stereocenters. The number of anilines is 1. The van der Waals surface area contributed by atoms with Gasteiger partial charge in [-0.1, -0.05) is 18.2 Å². The van der Waals surface area contributed by atoms with Gasteiger partial charge in [0, 0.05) is 0 Å². The second-order valence-corrected chi connectivity index (χ2v) is 6.60. The second kappa shape index (κ2) is 5.30. The second-order valence-electron chi connectivity index (χ2n) is 4.20. The molecule has 0 aliphatic carbocycles. The molecule has 0 saturated carbocycles. The summed E-state index contributed by atoms with van der Waals surface area (Å²) in [5.41, 5.74) is 2.02. The molecule has 2 rings (SSSR count). The van der Waals surface area contributed by atoms with Crippen LogP contribution in [0.3, 0.4) is 0 Å². The number of hydrogen-bond acceptors (Lipinski definition) is 3. The predicted octanol–water partition coefficient (Wildman–Crippen LogP) is 3.26. The number of halogens is 1. The van der Waals surface area contributed by atoms with E-state index in [4.69, 9.17) is 0 Å². The minimum atomic E-state index is -3.58. The molecule has 1 N–H and O–H groups in total. The van der Waals surface area contributed by atoms with Gasteiger partial charge in [0.2, 0.25) is 0 Å². The first-order chi connectivity index (χ1) is 8.90. The number of aryl methyl sites for hydroxylation is 2. The van der Waals surface area contributed by atoms with E-state index in [1.165, 1.54) is 6.20 Å². The van der Waals surface area contributed by atoms with Crippen molar-refractivity contribution < 1.29 is 8.42 Å². The van der Waals surface area contributed by atoms with E-state index in [9.17, 15) is 8.42 Å². The number of rotatable bonds is 3. The van der Waals surface area contributed by atoms with Gasteiger partial charge in [-0.25, -0.2) is 13.4 Å². The molecule has 1 aromatic heterocycles. The fourth-order valence-corrected chi connectivity index (χ4v) is 3.18. The van der Waals surface area contributed by atoms with E-state index < -0.39 is 10.0 Å². The predicted molar refractivity (Wildman–Crippen MR) is 78.7 cm³/mol. The third-order valence-corrected chi connectivity index (χ3v) is 5.02. The van der Waals surface area contributed by atoms with E-state index in [0.29, 0.717) is 15.9 Å². The summed E-state index contributed by atoms with van der Waals surface area (Å²) >= 11 is 3.28. The molecule has 4 nitrogen and oxygen atoms in total. The summed E-state index contributed by atoms with van der Waals surface area (Å²) in [5.74, 6) is 0. The van der Waals surface area contributed by atoms with Gasteiger partial charge in [0.15, 0.2) is 0 Å². The highest BCUT2D eigenvalue weighted by atomic mass is 79.9. The number of nitrogens with one attached hydrogen (secondary N) is 1. The van der Waals surface area contributed by atoms with Crippen LogP contribution >= 0.6 is 15.9 Å². The summed E-state index contributed by atoms with van der Waals surface area (Å²) in [6.45, 7) is 3.61. The van der Waals surface area contributed by atoms with Gasteiger partial charge < -0.3 is 0 Å². The average molecular weight is 341 g/mol. The van der Waals surface area contributed by atoms with Crippen molar-refractivity contribution in [3.8, 4) is 0 Å². The Morgan fingerprint density at radius 3 is 2.47 bits per heavy atom. The lowest BCUT2D eigenvalue weighted by Gasteiger charge is -2.10. The molecule has 0 aliphatic rings. The van der Waals surface area contributed by atoms with Crippen LogP contribution in [0.5, 0.6) is 0 Å². The summed E-state index contributed by atoms with van der Waals surface area (Å²) in [4.78, 5) is 4.34. The van der Waals surface area contributed by atoms with Crippen molar-refractivity contribution in [1.82, 2.24) is 4.98 Å². The maximum atomic E-state index is 12.3. The monoisotopic (exact) mass is 340 g/mol. The fraction of sp³-hybridized carbons (Fsp3) is 0.154. The Labute approximate surface area is 121 Å². The molecular formula is C13H13BrN2O2S. The van der Waals surface area contributed by atoms with E-state index in [-0.39, 0.29) is 4.90 Å². The van der Waals surface area contributed by atoms with Crippen molar-refractivity contribution in [2.24, 2.45) is 0 Å². The molecule has 2 aromatic rings. The summed E-state index contributed by atoms with van der Waals surface area (Å²) in [5, 5.41) is 0. The minimum Gasteiger partial charge on any atom is -0.278 e. The maximum absolute atomic E-state index is 12.3. The Bertz CT molecular complexity index is 714. The van der Waals surface area contributed by atoms with E-state index in [2.05, 4.69) is 25.6 Å². The van der Waals surface area contributed by atoms with Crippen molar-refractivity contribution >= 4 is 31.6 Å². The van der Waals surface area contributed by atoms with Crippen LogP contribution < -0.4 is 4.72 Å². The number of pyridine rings is 1. The Morgan fingerprint density at radius 1 is 1.16 bits per heavy atom. The standard InChI is InChI=1S/C13H13BrN2O2S/c1-9-5-3-4-6-12(9)19(17,18)16-11-7-10(2)13(14)15-8-11/h3-8,16H,1-2H3. The van der Waals surface area contributed by atoms with Crippen LogP contribution in [-0.2, 0) is 10.0 Å². The lowest BCUT2D eigenvalue weighted by Crippen LogP contribution is -2.14. The molecule has 0 saturated heterocycles. The van der Waals surface area contributed by atoms with Gasteiger partial charge in [-0.15, -0.1) is 0 Å². The van der Waals surface area contributed by atoms with Gasteiger partial charge in [0.05, 0.1) is 16.8 Å². The molecule has 6 heteroatoms. The highest BCUT2D eigenvalue weighted by Gasteiger charge is 2.16. The minimum absolute atomic E-state index is 0.274. The summed E-state index contributed by atoms with van der Waals surface area (Å²) in [6.07, 6.45) is 1.48. The largest absolute Gasteiger partial charge is 0.278 e. The molecule has 0 amide bonds. The number of sulfonamides is 1. The van der Waals surface area contributed by atoms with E-state index in [0.717, 1.165) is 5.56 Å².